The van der Waals surface area contributed by atoms with E-state index in [0.717, 1.165) is 22.3 Å². The van der Waals surface area contributed by atoms with Crippen molar-refractivity contribution in [2.75, 3.05) is 5.75 Å². The van der Waals surface area contributed by atoms with E-state index in [4.69, 9.17) is 0 Å². The fraction of sp³-hybridized carbons (Fsp3) is 0.200. The quantitative estimate of drug-likeness (QED) is 0.557. The molecule has 1 N–H and O–H groups in total. The molecule has 2 aromatic rings. The van der Waals surface area contributed by atoms with E-state index in [1.54, 1.807) is 36.4 Å². The predicted octanol–water partition coefficient (Wildman–Crippen LogP) is 3.29. The molecule has 0 aliphatic carbocycles. The van der Waals surface area contributed by atoms with Gasteiger partial charge in [-0.2, -0.15) is 5.10 Å². The molecule has 0 fully saturated rings. The number of aliphatic carboxylic acids is 1. The van der Waals surface area contributed by atoms with E-state index in [2.05, 4.69) is 5.10 Å². The molecule has 7 heteroatoms. The molecule has 0 radical (unpaired) electrons. The lowest BCUT2D eigenvalue weighted by molar-refractivity contribution is -0.149. The third-order valence-corrected chi connectivity index (χ3v) is 4.58. The molecular formula is C20H20N2O4S. The lowest BCUT2D eigenvalue weighted by Gasteiger charge is -2.21. The second-order valence-corrected chi connectivity index (χ2v) is 6.73. The Labute approximate surface area is 161 Å². The smallest absolute Gasteiger partial charge is 0.328 e. The van der Waals surface area contributed by atoms with E-state index in [9.17, 15) is 19.5 Å². The zero-order valence-corrected chi connectivity index (χ0v) is 15.6. The Morgan fingerprint density at radius 3 is 2.26 bits per heavy atom. The van der Waals surface area contributed by atoms with Crippen LogP contribution >= 0.6 is 11.8 Å². The van der Waals surface area contributed by atoms with Gasteiger partial charge >= 0.3 is 5.97 Å². The van der Waals surface area contributed by atoms with E-state index >= 15 is 0 Å². The summed E-state index contributed by atoms with van der Waals surface area (Å²) in [6.45, 7) is 1.39. The maximum absolute atomic E-state index is 12.5. The van der Waals surface area contributed by atoms with Crippen molar-refractivity contribution in [3.05, 3.63) is 71.8 Å². The standard InChI is InChI=1S/C20H20N2O4S/c1-15(19(24)25)22(21-14-16-8-4-2-5-9-16)18(23)12-13-27-20(26)17-10-6-3-7-11-17/h2-11,14-15H,12-13H2,1H3,(H,24,25). The van der Waals surface area contributed by atoms with Crippen molar-refractivity contribution < 1.29 is 19.5 Å². The normalized spacial score (nSPS) is 11.9. The Kier molecular flexibility index (Phi) is 7.76. The summed E-state index contributed by atoms with van der Waals surface area (Å²) in [7, 11) is 0. The van der Waals surface area contributed by atoms with E-state index in [1.807, 2.05) is 24.3 Å². The Hall–Kier alpha value is -2.93. The molecule has 0 spiro atoms. The van der Waals surface area contributed by atoms with Crippen LogP contribution in [0.1, 0.15) is 29.3 Å². The average Bonchev–Trinajstić information content (AvgIpc) is 2.69. The molecule has 1 unspecified atom stereocenters. The molecule has 0 heterocycles. The van der Waals surface area contributed by atoms with Gasteiger partial charge in [0.1, 0.15) is 6.04 Å². The SMILES string of the molecule is CC(C(=O)O)N(N=Cc1ccccc1)C(=O)CCSC(=O)c1ccccc1. The van der Waals surface area contributed by atoms with Gasteiger partial charge in [0.05, 0.1) is 6.21 Å². The topological polar surface area (TPSA) is 87.0 Å². The summed E-state index contributed by atoms with van der Waals surface area (Å²) in [6.07, 6.45) is 1.45. The number of carbonyl (C=O) groups excluding carboxylic acids is 2. The Balaban J connectivity index is 1.98. The molecule has 6 nitrogen and oxygen atoms in total. The Morgan fingerprint density at radius 2 is 1.67 bits per heavy atom. The van der Waals surface area contributed by atoms with Gasteiger partial charge in [0.15, 0.2) is 0 Å². The number of carboxylic acid groups (broad SMARTS) is 1. The van der Waals surface area contributed by atoms with Gasteiger partial charge in [-0.05, 0) is 12.5 Å². The minimum atomic E-state index is -1.15. The molecule has 0 bridgehead atoms. The highest BCUT2D eigenvalue weighted by Crippen LogP contribution is 2.14. The second kappa shape index (κ2) is 10.3. The van der Waals surface area contributed by atoms with Crippen molar-refractivity contribution >= 4 is 35.0 Å². The number of hydrogen-bond donors (Lipinski definition) is 1. The first kappa shape index (κ1) is 20.4. The van der Waals surface area contributed by atoms with Crippen LogP contribution in [0, 0.1) is 0 Å². The molecule has 2 rings (SSSR count). The maximum atomic E-state index is 12.5. The summed E-state index contributed by atoms with van der Waals surface area (Å²) in [4.78, 5) is 35.8. The van der Waals surface area contributed by atoms with Crippen molar-refractivity contribution in [3.63, 3.8) is 0 Å². The molecule has 0 aromatic heterocycles. The summed E-state index contributed by atoms with van der Waals surface area (Å²) in [5, 5.41) is 14.1. The van der Waals surface area contributed by atoms with Gasteiger partial charge in [-0.3, -0.25) is 9.59 Å². The molecule has 0 aliphatic rings. The fourth-order valence-corrected chi connectivity index (χ4v) is 2.92. The van der Waals surface area contributed by atoms with Crippen LogP contribution in [0.25, 0.3) is 0 Å². The minimum absolute atomic E-state index is 0.00693. The number of benzene rings is 2. The number of hydrazone groups is 1. The van der Waals surface area contributed by atoms with Gasteiger partial charge in [-0.25, -0.2) is 9.80 Å². The van der Waals surface area contributed by atoms with Crippen LogP contribution in [0.5, 0.6) is 0 Å². The third-order valence-electron chi connectivity index (χ3n) is 3.67. The molecule has 0 aliphatic heterocycles. The molecule has 1 atom stereocenters. The van der Waals surface area contributed by atoms with Gasteiger partial charge in [0, 0.05) is 17.7 Å². The fourth-order valence-electron chi connectivity index (χ4n) is 2.16. The summed E-state index contributed by atoms with van der Waals surface area (Å²) >= 11 is 1.02. The highest BCUT2D eigenvalue weighted by molar-refractivity contribution is 8.14. The Morgan fingerprint density at radius 1 is 1.07 bits per heavy atom. The minimum Gasteiger partial charge on any atom is -0.480 e. The zero-order valence-electron chi connectivity index (χ0n) is 14.8. The number of thioether (sulfide) groups is 1. The first-order chi connectivity index (χ1) is 13.0. The van der Waals surface area contributed by atoms with Crippen molar-refractivity contribution in [1.82, 2.24) is 5.01 Å². The van der Waals surface area contributed by atoms with Gasteiger partial charge in [0.25, 0.3) is 0 Å². The molecular weight excluding hydrogens is 364 g/mol. The zero-order chi connectivity index (χ0) is 19.6. The number of hydrogen-bond acceptors (Lipinski definition) is 5. The molecule has 140 valence electrons. The van der Waals surface area contributed by atoms with Gasteiger partial charge in [-0.1, -0.05) is 72.4 Å². The molecule has 1 amide bonds. The highest BCUT2D eigenvalue weighted by atomic mass is 32.2. The molecule has 27 heavy (non-hydrogen) atoms. The first-order valence-electron chi connectivity index (χ1n) is 8.35. The van der Waals surface area contributed by atoms with Gasteiger partial charge in [-0.15, -0.1) is 0 Å². The summed E-state index contributed by atoms with van der Waals surface area (Å²) in [5.41, 5.74) is 1.31. The predicted molar refractivity (Wildman–Crippen MR) is 106 cm³/mol. The van der Waals surface area contributed by atoms with Crippen LogP contribution < -0.4 is 0 Å². The number of carbonyl (C=O) groups is 3. The summed E-state index contributed by atoms with van der Waals surface area (Å²) < 4.78 is 0. The van der Waals surface area contributed by atoms with Crippen molar-refractivity contribution in [1.29, 1.82) is 0 Å². The first-order valence-corrected chi connectivity index (χ1v) is 9.33. The van der Waals surface area contributed by atoms with Crippen LogP contribution in [0.4, 0.5) is 0 Å². The van der Waals surface area contributed by atoms with E-state index in [1.165, 1.54) is 13.1 Å². The number of nitrogens with zero attached hydrogens (tertiary/aromatic N) is 2. The van der Waals surface area contributed by atoms with Gasteiger partial charge < -0.3 is 5.11 Å². The van der Waals surface area contributed by atoms with Crippen LogP contribution in [-0.2, 0) is 9.59 Å². The largest absolute Gasteiger partial charge is 0.480 e. The molecule has 0 saturated carbocycles. The van der Waals surface area contributed by atoms with Crippen LogP contribution in [0.3, 0.4) is 0 Å². The van der Waals surface area contributed by atoms with Crippen molar-refractivity contribution in [3.8, 4) is 0 Å². The number of amides is 1. The van der Waals surface area contributed by atoms with Crippen molar-refractivity contribution in [2.45, 2.75) is 19.4 Å². The Bertz CT molecular complexity index is 809. The summed E-state index contributed by atoms with van der Waals surface area (Å²) in [5.74, 6) is -1.36. The van der Waals surface area contributed by atoms with E-state index in [-0.39, 0.29) is 17.3 Å². The van der Waals surface area contributed by atoms with E-state index < -0.39 is 17.9 Å². The van der Waals surface area contributed by atoms with Crippen molar-refractivity contribution in [2.24, 2.45) is 5.10 Å². The van der Waals surface area contributed by atoms with E-state index in [0.29, 0.717) is 5.56 Å². The third kappa shape index (κ3) is 6.38. The lowest BCUT2D eigenvalue weighted by atomic mass is 10.2. The van der Waals surface area contributed by atoms with Crippen LogP contribution in [0.2, 0.25) is 0 Å². The highest BCUT2D eigenvalue weighted by Gasteiger charge is 2.25. The maximum Gasteiger partial charge on any atom is 0.328 e. The molecule has 2 aromatic carbocycles. The van der Waals surface area contributed by atoms with Gasteiger partial charge in [0.2, 0.25) is 11.0 Å². The average molecular weight is 384 g/mol. The van der Waals surface area contributed by atoms with Crippen LogP contribution in [0.15, 0.2) is 65.8 Å². The number of rotatable bonds is 8. The second-order valence-electron chi connectivity index (χ2n) is 5.66. The molecule has 0 saturated heterocycles. The van der Waals surface area contributed by atoms with Crippen LogP contribution in [-0.4, -0.2) is 45.1 Å². The summed E-state index contributed by atoms with van der Waals surface area (Å²) in [6, 6.07) is 16.8. The monoisotopic (exact) mass is 384 g/mol. The lowest BCUT2D eigenvalue weighted by Crippen LogP contribution is -2.39. The number of carboxylic acids is 1.